The van der Waals surface area contributed by atoms with Gasteiger partial charge in [-0.15, -0.1) is 0 Å². The highest BCUT2D eigenvalue weighted by Crippen LogP contribution is 2.29. The van der Waals surface area contributed by atoms with Crippen molar-refractivity contribution < 1.29 is 31.1 Å². The molecule has 2 aromatic carbocycles. The molecule has 0 radical (unpaired) electrons. The summed E-state index contributed by atoms with van der Waals surface area (Å²) in [4.78, 5) is 25.6. The Morgan fingerprint density at radius 3 is 2.51 bits per heavy atom. The van der Waals surface area contributed by atoms with Crippen LogP contribution in [0.5, 0.6) is 5.75 Å². The summed E-state index contributed by atoms with van der Waals surface area (Å²) >= 11 is 0. The number of anilines is 3. The van der Waals surface area contributed by atoms with Gasteiger partial charge < -0.3 is 15.4 Å². The number of sulfone groups is 1. The highest BCUT2D eigenvalue weighted by molar-refractivity contribution is 7.90. The Hall–Kier alpha value is -4.52. The topological polar surface area (TPSA) is 123 Å². The molecule has 0 atom stereocenters. The molecular weight excluding hydrogens is 559 g/mol. The van der Waals surface area contributed by atoms with Crippen molar-refractivity contribution in [3.8, 4) is 17.0 Å². The molecule has 0 unspecified atom stereocenters. The van der Waals surface area contributed by atoms with Crippen molar-refractivity contribution in [3.05, 3.63) is 84.3 Å². The van der Waals surface area contributed by atoms with Crippen molar-refractivity contribution in [1.82, 2.24) is 15.0 Å². The molecule has 9 nitrogen and oxygen atoms in total. The fraction of sp³-hybridized carbons (Fsp3) is 0.214. The van der Waals surface area contributed by atoms with Crippen molar-refractivity contribution >= 4 is 33.1 Å². The number of hydrogen-bond acceptors (Lipinski definition) is 8. The summed E-state index contributed by atoms with van der Waals surface area (Å²) < 4.78 is 69.5. The van der Waals surface area contributed by atoms with E-state index >= 15 is 0 Å². The number of alkyl halides is 3. The average molecular weight is 586 g/mol. The number of ether oxygens (including phenoxy) is 1. The second-order valence-electron chi connectivity index (χ2n) is 9.26. The Balaban J connectivity index is 1.55. The van der Waals surface area contributed by atoms with Gasteiger partial charge >= 0.3 is 0 Å². The fourth-order valence-electron chi connectivity index (χ4n) is 3.64. The zero-order valence-corrected chi connectivity index (χ0v) is 22.9. The molecule has 0 aliphatic heterocycles. The van der Waals surface area contributed by atoms with Crippen LogP contribution in [0.3, 0.4) is 0 Å². The van der Waals surface area contributed by atoms with Crippen LogP contribution in [0.1, 0.15) is 15.9 Å². The normalized spacial score (nSPS) is 11.6. The molecule has 0 aliphatic carbocycles. The molecule has 0 spiro atoms. The molecule has 2 N–H and O–H groups in total. The number of nitrogens with zero attached hydrogens (tertiary/aromatic N) is 3. The van der Waals surface area contributed by atoms with Gasteiger partial charge in [0.25, 0.3) is 5.91 Å². The van der Waals surface area contributed by atoms with Gasteiger partial charge in [-0.3, -0.25) is 9.78 Å². The summed E-state index contributed by atoms with van der Waals surface area (Å²) in [5.74, 6) is -0.718. The van der Waals surface area contributed by atoms with Crippen LogP contribution >= 0.6 is 0 Å². The van der Waals surface area contributed by atoms with Gasteiger partial charge in [0.05, 0.1) is 5.69 Å². The minimum absolute atomic E-state index is 0.0278. The molecule has 4 rings (SSSR count). The lowest BCUT2D eigenvalue weighted by molar-refractivity contribution is 0.0340. The Morgan fingerprint density at radius 2 is 1.83 bits per heavy atom. The van der Waals surface area contributed by atoms with Gasteiger partial charge in [-0.1, -0.05) is 6.07 Å². The first kappa shape index (κ1) is 29.5. The van der Waals surface area contributed by atoms with E-state index < -0.39 is 47.1 Å². The highest BCUT2D eigenvalue weighted by Gasteiger charge is 2.32. The van der Waals surface area contributed by atoms with E-state index in [0.29, 0.717) is 23.0 Å². The number of carbonyl (C=O) groups is 1. The van der Waals surface area contributed by atoms with E-state index in [4.69, 9.17) is 4.74 Å². The van der Waals surface area contributed by atoms with Crippen LogP contribution in [0.25, 0.3) is 11.3 Å². The summed E-state index contributed by atoms with van der Waals surface area (Å²) in [5.41, 5.74) is 0.336. The number of amides is 1. The molecule has 0 fully saturated rings. The van der Waals surface area contributed by atoms with Gasteiger partial charge in [0, 0.05) is 47.3 Å². The lowest BCUT2D eigenvalue weighted by Gasteiger charge is -2.20. The molecule has 2 heterocycles. The molecular formula is C28H26F3N5O4S. The smallest absolute Gasteiger partial charge is 0.255 e. The monoisotopic (exact) mass is 585 g/mol. The first-order chi connectivity index (χ1) is 19.5. The van der Waals surface area contributed by atoms with Crippen LogP contribution in [-0.2, 0) is 9.84 Å². The predicted octanol–water partition coefficient (Wildman–Crippen LogP) is 5.27. The van der Waals surface area contributed by atoms with Crippen LogP contribution < -0.4 is 15.4 Å². The number of benzene rings is 2. The molecule has 0 saturated carbocycles. The van der Waals surface area contributed by atoms with E-state index in [1.54, 1.807) is 48.9 Å². The van der Waals surface area contributed by atoms with E-state index in [0.717, 1.165) is 29.5 Å². The maximum Gasteiger partial charge on any atom is 0.255 e. The Bertz CT molecular complexity index is 1650. The molecule has 41 heavy (non-hydrogen) atoms. The molecule has 2 aromatic heterocycles. The first-order valence-corrected chi connectivity index (χ1v) is 14.1. The zero-order chi connectivity index (χ0) is 29.6. The lowest BCUT2D eigenvalue weighted by atomic mass is 10.1. The van der Waals surface area contributed by atoms with Crippen molar-refractivity contribution in [2.45, 2.75) is 17.5 Å². The second kappa shape index (κ2) is 12.3. The largest absolute Gasteiger partial charge is 0.489 e. The van der Waals surface area contributed by atoms with E-state index in [2.05, 4.69) is 25.6 Å². The Morgan fingerprint density at radius 1 is 1.05 bits per heavy atom. The third-order valence-corrected chi connectivity index (χ3v) is 7.06. The number of pyridine rings is 1. The van der Waals surface area contributed by atoms with Gasteiger partial charge in [-0.25, -0.2) is 31.6 Å². The maximum absolute atomic E-state index is 14.1. The quantitative estimate of drug-likeness (QED) is 0.244. The van der Waals surface area contributed by atoms with Crippen LogP contribution in [0.4, 0.5) is 30.5 Å². The predicted molar refractivity (Wildman–Crippen MR) is 149 cm³/mol. The number of aromatic nitrogens is 3. The third kappa shape index (κ3) is 7.37. The van der Waals surface area contributed by atoms with Gasteiger partial charge in [-0.2, -0.15) is 0 Å². The average Bonchev–Trinajstić information content (AvgIpc) is 2.97. The minimum Gasteiger partial charge on any atom is -0.489 e. The number of hydrogen-bond donors (Lipinski definition) is 2. The van der Waals surface area contributed by atoms with E-state index in [-0.39, 0.29) is 10.5 Å². The first-order valence-electron chi connectivity index (χ1n) is 12.2. The Labute approximate surface area is 234 Å². The fourth-order valence-corrected chi connectivity index (χ4v) is 4.44. The van der Waals surface area contributed by atoms with Gasteiger partial charge in [0.15, 0.2) is 9.84 Å². The van der Waals surface area contributed by atoms with Gasteiger partial charge in [0.1, 0.15) is 30.6 Å². The summed E-state index contributed by atoms with van der Waals surface area (Å²) in [6.45, 7) is -2.56. The SMILES string of the molecule is Cc1ccc(NC(=O)c2ccc(S(C)(=O)=O)c(OCC(F)(CF)CF)c2)cc1Nc1nccc(-c2cccnc2)n1. The molecule has 0 aliphatic rings. The van der Waals surface area contributed by atoms with Crippen molar-refractivity contribution in [2.24, 2.45) is 0 Å². The summed E-state index contributed by atoms with van der Waals surface area (Å²) in [6.07, 6.45) is 5.84. The van der Waals surface area contributed by atoms with E-state index in [1.807, 2.05) is 13.0 Å². The molecule has 4 aromatic rings. The summed E-state index contributed by atoms with van der Waals surface area (Å²) in [5, 5.41) is 5.84. The van der Waals surface area contributed by atoms with Gasteiger partial charge in [-0.05, 0) is 61.0 Å². The minimum atomic E-state index is -3.87. The highest BCUT2D eigenvalue weighted by atomic mass is 32.2. The van der Waals surface area contributed by atoms with Crippen molar-refractivity contribution in [1.29, 1.82) is 0 Å². The molecule has 1 amide bonds. The number of halogens is 3. The van der Waals surface area contributed by atoms with E-state index in [9.17, 15) is 26.4 Å². The maximum atomic E-state index is 14.1. The number of rotatable bonds is 11. The van der Waals surface area contributed by atoms with E-state index in [1.165, 1.54) is 6.07 Å². The molecule has 0 saturated heterocycles. The number of carbonyl (C=O) groups excluding carboxylic acids is 1. The van der Waals surface area contributed by atoms with Crippen LogP contribution in [0.15, 0.2) is 78.1 Å². The van der Waals surface area contributed by atoms with Crippen molar-refractivity contribution in [3.63, 3.8) is 0 Å². The lowest BCUT2D eigenvalue weighted by Crippen LogP contribution is -2.36. The van der Waals surface area contributed by atoms with Crippen LogP contribution in [0, 0.1) is 6.92 Å². The standard InChI is InChI=1S/C28H26F3N5O4S/c1-18-5-7-21(13-23(18)36-27-33-11-9-22(35-27)20-4-3-10-32-14-20)34-26(37)19-6-8-25(41(2,38)39)24(12-19)40-17-28(31,15-29)16-30/h3-14H,15-17H2,1-2H3,(H,34,37)(H,33,35,36). The second-order valence-corrected chi connectivity index (χ2v) is 11.2. The molecule has 0 bridgehead atoms. The Kier molecular flexibility index (Phi) is 8.86. The summed E-state index contributed by atoms with van der Waals surface area (Å²) in [7, 11) is -3.87. The number of nitrogens with one attached hydrogen (secondary N) is 2. The molecule has 214 valence electrons. The van der Waals surface area contributed by atoms with Crippen LogP contribution in [-0.4, -0.2) is 61.2 Å². The molecule has 13 heteroatoms. The number of aryl methyl sites for hydroxylation is 1. The zero-order valence-electron chi connectivity index (χ0n) is 22.1. The third-order valence-electron chi connectivity index (χ3n) is 5.93. The van der Waals surface area contributed by atoms with Gasteiger partial charge in [0.2, 0.25) is 11.6 Å². The van der Waals surface area contributed by atoms with Crippen LogP contribution in [0.2, 0.25) is 0 Å². The van der Waals surface area contributed by atoms with Crippen molar-refractivity contribution in [2.75, 3.05) is 36.8 Å². The summed E-state index contributed by atoms with van der Waals surface area (Å²) in [6, 6.07) is 13.9.